The summed E-state index contributed by atoms with van der Waals surface area (Å²) in [7, 11) is 0. The van der Waals surface area contributed by atoms with Crippen LogP contribution in [-0.4, -0.2) is 5.78 Å². The van der Waals surface area contributed by atoms with E-state index in [1.54, 1.807) is 0 Å². The zero-order chi connectivity index (χ0) is 13.0. The molecular formula is C14H16N2OS. The summed E-state index contributed by atoms with van der Waals surface area (Å²) < 4.78 is 0. The summed E-state index contributed by atoms with van der Waals surface area (Å²) in [4.78, 5) is 12.3. The summed E-state index contributed by atoms with van der Waals surface area (Å²) in [5.74, 6) is 0.102. The van der Waals surface area contributed by atoms with Gasteiger partial charge < -0.3 is 11.1 Å². The van der Waals surface area contributed by atoms with Crippen LogP contribution in [0.2, 0.25) is 0 Å². The molecule has 0 aliphatic rings. The number of nitrogens with one attached hydrogen (secondary N) is 1. The van der Waals surface area contributed by atoms with Crippen molar-refractivity contribution in [3.63, 3.8) is 0 Å². The van der Waals surface area contributed by atoms with Crippen LogP contribution in [0.4, 0.5) is 10.7 Å². The third-order valence-electron chi connectivity index (χ3n) is 2.64. The van der Waals surface area contributed by atoms with E-state index in [1.807, 2.05) is 31.2 Å². The number of carbonyl (C=O) groups excluding carboxylic acids is 1. The zero-order valence-corrected chi connectivity index (χ0v) is 11.1. The summed E-state index contributed by atoms with van der Waals surface area (Å²) >= 11 is 1.43. The number of benzene rings is 1. The molecule has 0 spiro atoms. The molecule has 0 aliphatic carbocycles. The lowest BCUT2D eigenvalue weighted by Gasteiger charge is -2.02. The molecule has 3 nitrogen and oxygen atoms in total. The van der Waals surface area contributed by atoms with Crippen molar-refractivity contribution in [1.29, 1.82) is 0 Å². The summed E-state index contributed by atoms with van der Waals surface area (Å²) in [5.41, 5.74) is 7.61. The van der Waals surface area contributed by atoms with Crippen molar-refractivity contribution in [3.8, 4) is 0 Å². The van der Waals surface area contributed by atoms with Crippen LogP contribution in [0.5, 0.6) is 0 Å². The van der Waals surface area contributed by atoms with Crippen molar-refractivity contribution < 1.29 is 4.79 Å². The molecule has 0 bridgehead atoms. The van der Waals surface area contributed by atoms with E-state index in [-0.39, 0.29) is 5.78 Å². The molecular weight excluding hydrogens is 244 g/mol. The molecule has 0 atom stereocenters. The molecule has 1 aromatic carbocycles. The molecule has 0 aliphatic heterocycles. The van der Waals surface area contributed by atoms with Crippen LogP contribution in [0, 0.1) is 0 Å². The average molecular weight is 260 g/mol. The third kappa shape index (κ3) is 2.90. The van der Waals surface area contributed by atoms with Gasteiger partial charge in [-0.2, -0.15) is 0 Å². The van der Waals surface area contributed by atoms with Crippen LogP contribution < -0.4 is 11.1 Å². The van der Waals surface area contributed by atoms with Gasteiger partial charge in [0.2, 0.25) is 0 Å². The van der Waals surface area contributed by atoms with E-state index in [0.717, 1.165) is 11.5 Å². The first kappa shape index (κ1) is 12.6. The maximum Gasteiger partial charge on any atom is 0.174 e. The van der Waals surface area contributed by atoms with E-state index in [4.69, 9.17) is 5.73 Å². The van der Waals surface area contributed by atoms with Gasteiger partial charge in [0, 0.05) is 13.0 Å². The van der Waals surface area contributed by atoms with E-state index >= 15 is 0 Å². The van der Waals surface area contributed by atoms with Crippen LogP contribution in [-0.2, 0) is 6.54 Å². The fraction of sp³-hybridized carbons (Fsp3) is 0.214. The Morgan fingerprint density at radius 2 is 2.06 bits per heavy atom. The Morgan fingerprint density at radius 1 is 1.33 bits per heavy atom. The second kappa shape index (κ2) is 5.69. The van der Waals surface area contributed by atoms with Gasteiger partial charge in [0.05, 0.1) is 15.6 Å². The lowest BCUT2D eigenvalue weighted by molar-refractivity contribution is 0.0993. The Balaban J connectivity index is 2.05. The van der Waals surface area contributed by atoms with E-state index < -0.39 is 0 Å². The number of nitrogen functional groups attached to an aromatic ring is 1. The van der Waals surface area contributed by atoms with Gasteiger partial charge in [-0.3, -0.25) is 4.79 Å². The number of ketones is 1. The minimum absolute atomic E-state index is 0.102. The van der Waals surface area contributed by atoms with Crippen LogP contribution in [0.3, 0.4) is 0 Å². The van der Waals surface area contributed by atoms with E-state index in [1.165, 1.54) is 16.9 Å². The normalized spacial score (nSPS) is 10.3. The molecule has 1 aromatic heterocycles. The monoisotopic (exact) mass is 260 g/mol. The number of hydrogen-bond acceptors (Lipinski definition) is 4. The van der Waals surface area contributed by atoms with Crippen molar-refractivity contribution >= 4 is 27.8 Å². The number of anilines is 2. The second-order valence-corrected chi connectivity index (χ2v) is 5.06. The van der Waals surface area contributed by atoms with Gasteiger partial charge in [-0.1, -0.05) is 37.3 Å². The third-order valence-corrected chi connectivity index (χ3v) is 3.79. The summed E-state index contributed by atoms with van der Waals surface area (Å²) in [6.45, 7) is 2.58. The molecule has 2 rings (SSSR count). The maximum atomic E-state index is 11.6. The topological polar surface area (TPSA) is 55.1 Å². The molecule has 4 heteroatoms. The second-order valence-electron chi connectivity index (χ2n) is 4.01. The Kier molecular flexibility index (Phi) is 3.99. The molecule has 0 radical (unpaired) electrons. The van der Waals surface area contributed by atoms with Gasteiger partial charge >= 0.3 is 0 Å². The Labute approximate surface area is 111 Å². The highest BCUT2D eigenvalue weighted by Crippen LogP contribution is 2.30. The minimum atomic E-state index is 0.102. The average Bonchev–Trinajstić information content (AvgIpc) is 2.78. The summed E-state index contributed by atoms with van der Waals surface area (Å²) in [6.07, 6.45) is 0.489. The minimum Gasteiger partial charge on any atom is -0.397 e. The fourth-order valence-corrected chi connectivity index (χ4v) is 2.64. The van der Waals surface area contributed by atoms with E-state index in [2.05, 4.69) is 17.4 Å². The highest BCUT2D eigenvalue weighted by atomic mass is 32.1. The lowest BCUT2D eigenvalue weighted by Crippen LogP contribution is -1.96. The Morgan fingerprint density at radius 3 is 2.72 bits per heavy atom. The number of thiophene rings is 1. The summed E-state index contributed by atoms with van der Waals surface area (Å²) in [6, 6.07) is 11.9. The molecule has 18 heavy (non-hydrogen) atoms. The van der Waals surface area contributed by atoms with E-state index in [9.17, 15) is 4.79 Å². The predicted octanol–water partition coefficient (Wildman–Crippen LogP) is 3.54. The Bertz CT molecular complexity index is 534. The first-order valence-corrected chi connectivity index (χ1v) is 6.72. The van der Waals surface area contributed by atoms with Crippen LogP contribution in [0.1, 0.15) is 28.6 Å². The quantitative estimate of drug-likeness (QED) is 0.808. The van der Waals surface area contributed by atoms with Crippen molar-refractivity contribution in [2.45, 2.75) is 19.9 Å². The van der Waals surface area contributed by atoms with Gasteiger partial charge in [-0.15, -0.1) is 11.3 Å². The highest BCUT2D eigenvalue weighted by molar-refractivity contribution is 7.18. The van der Waals surface area contributed by atoms with Gasteiger partial charge in [-0.05, 0) is 11.6 Å². The van der Waals surface area contributed by atoms with Crippen molar-refractivity contribution in [1.82, 2.24) is 0 Å². The molecule has 0 saturated heterocycles. The number of carbonyl (C=O) groups is 1. The lowest BCUT2D eigenvalue weighted by atomic mass is 10.2. The van der Waals surface area contributed by atoms with E-state index in [0.29, 0.717) is 17.0 Å². The molecule has 0 fully saturated rings. The Hall–Kier alpha value is -1.81. The number of Topliss-reactive ketones (excluding diaryl/α,β-unsaturated/α-hetero) is 1. The number of hydrogen-bond donors (Lipinski definition) is 2. The van der Waals surface area contributed by atoms with Gasteiger partial charge in [-0.25, -0.2) is 0 Å². The van der Waals surface area contributed by atoms with Crippen LogP contribution >= 0.6 is 11.3 Å². The molecule has 3 N–H and O–H groups in total. The molecule has 0 amide bonds. The molecule has 0 unspecified atom stereocenters. The predicted molar refractivity (Wildman–Crippen MR) is 77.1 cm³/mol. The first-order chi connectivity index (χ1) is 8.70. The molecule has 0 saturated carbocycles. The number of rotatable bonds is 5. The van der Waals surface area contributed by atoms with Crippen molar-refractivity contribution in [2.24, 2.45) is 0 Å². The van der Waals surface area contributed by atoms with Crippen LogP contribution in [0.25, 0.3) is 0 Å². The highest BCUT2D eigenvalue weighted by Gasteiger charge is 2.12. The zero-order valence-electron chi connectivity index (χ0n) is 10.3. The molecule has 1 heterocycles. The van der Waals surface area contributed by atoms with Gasteiger partial charge in [0.1, 0.15) is 0 Å². The fourth-order valence-electron chi connectivity index (χ4n) is 1.66. The van der Waals surface area contributed by atoms with Crippen molar-refractivity contribution in [3.05, 3.63) is 46.8 Å². The van der Waals surface area contributed by atoms with Gasteiger partial charge in [0.15, 0.2) is 5.78 Å². The maximum absolute atomic E-state index is 11.6. The first-order valence-electron chi connectivity index (χ1n) is 5.91. The smallest absolute Gasteiger partial charge is 0.174 e. The molecule has 2 aromatic rings. The number of nitrogens with two attached hydrogens (primary N) is 1. The van der Waals surface area contributed by atoms with Crippen molar-refractivity contribution in [2.75, 3.05) is 11.1 Å². The largest absolute Gasteiger partial charge is 0.397 e. The van der Waals surface area contributed by atoms with Gasteiger partial charge in [0.25, 0.3) is 0 Å². The van der Waals surface area contributed by atoms with Crippen LogP contribution in [0.15, 0.2) is 36.4 Å². The molecule has 94 valence electrons. The standard InChI is InChI=1S/C14H16N2OS/c1-2-12(17)14-11(15)8-13(18-14)16-9-10-6-4-3-5-7-10/h3-8,16H,2,9,15H2,1H3. The summed E-state index contributed by atoms with van der Waals surface area (Å²) in [5, 5.41) is 4.23. The SMILES string of the molecule is CCC(=O)c1sc(NCc2ccccc2)cc1N.